The number of piperidine rings is 1. The summed E-state index contributed by atoms with van der Waals surface area (Å²) >= 11 is 0. The Morgan fingerprint density at radius 2 is 1.71 bits per heavy atom. The second-order valence-electron chi connectivity index (χ2n) is 6.63. The van der Waals surface area contributed by atoms with E-state index >= 15 is 0 Å². The highest BCUT2D eigenvalue weighted by Crippen LogP contribution is 2.21. The smallest absolute Gasteiger partial charge is 0.0491 e. The summed E-state index contributed by atoms with van der Waals surface area (Å²) in [5.41, 5.74) is 9.01. The highest BCUT2D eigenvalue weighted by molar-refractivity contribution is 5.26. The van der Waals surface area contributed by atoms with Crippen LogP contribution in [0.4, 0.5) is 0 Å². The number of likely N-dealkylation sites (tertiary alicyclic amines) is 1. The Bertz CT molecular complexity index is 408. The molecule has 1 aliphatic heterocycles. The van der Waals surface area contributed by atoms with Crippen LogP contribution in [0.1, 0.15) is 49.8 Å². The summed E-state index contributed by atoms with van der Waals surface area (Å²) in [5, 5.41) is 0. The Balaban J connectivity index is 1.83. The average molecular weight is 290 g/mol. The Kier molecular flexibility index (Phi) is 6.22. The molecule has 1 aliphatic rings. The molecule has 1 aromatic carbocycles. The molecule has 0 radical (unpaired) electrons. The number of rotatable bonds is 6. The van der Waals surface area contributed by atoms with Gasteiger partial charge in [-0.2, -0.15) is 0 Å². The zero-order valence-electron chi connectivity index (χ0n) is 13.7. The molecule has 0 aliphatic carbocycles. The van der Waals surface area contributed by atoms with Gasteiger partial charge in [-0.25, -0.2) is 0 Å². The van der Waals surface area contributed by atoms with Crippen LogP contribution in [0.5, 0.6) is 0 Å². The van der Waals surface area contributed by atoms with E-state index in [0.29, 0.717) is 5.92 Å². The molecule has 3 heteroatoms. The summed E-state index contributed by atoms with van der Waals surface area (Å²) in [6, 6.07) is 8.93. The van der Waals surface area contributed by atoms with Crippen LogP contribution in [-0.2, 0) is 4.74 Å². The third-order valence-corrected chi connectivity index (χ3v) is 4.60. The summed E-state index contributed by atoms with van der Waals surface area (Å²) in [6.07, 6.45) is 2.46. The normalized spacial score (nSPS) is 19.1. The molecule has 0 amide bonds. The second-order valence-corrected chi connectivity index (χ2v) is 6.63. The summed E-state index contributed by atoms with van der Waals surface area (Å²) in [4.78, 5) is 2.49. The van der Waals surface area contributed by atoms with E-state index in [1.54, 1.807) is 7.11 Å². The number of nitrogens with zero attached hydrogens (tertiary/aromatic N) is 1. The molecule has 1 fully saturated rings. The van der Waals surface area contributed by atoms with Gasteiger partial charge in [-0.1, -0.05) is 38.1 Å². The van der Waals surface area contributed by atoms with Crippen LogP contribution in [0.2, 0.25) is 0 Å². The fourth-order valence-corrected chi connectivity index (χ4v) is 3.08. The van der Waals surface area contributed by atoms with Crippen LogP contribution in [0.3, 0.4) is 0 Å². The van der Waals surface area contributed by atoms with Crippen LogP contribution in [0.25, 0.3) is 0 Å². The second kappa shape index (κ2) is 7.92. The molecule has 0 saturated carbocycles. The molecule has 0 spiro atoms. The van der Waals surface area contributed by atoms with Gasteiger partial charge in [0, 0.05) is 26.3 Å². The van der Waals surface area contributed by atoms with E-state index in [1.807, 2.05) is 0 Å². The van der Waals surface area contributed by atoms with Gasteiger partial charge in [0.05, 0.1) is 0 Å². The van der Waals surface area contributed by atoms with Crippen molar-refractivity contribution >= 4 is 0 Å². The Labute approximate surface area is 129 Å². The third-order valence-electron chi connectivity index (χ3n) is 4.60. The third kappa shape index (κ3) is 4.80. The van der Waals surface area contributed by atoms with E-state index in [-0.39, 0.29) is 6.04 Å². The van der Waals surface area contributed by atoms with Crippen LogP contribution in [0.15, 0.2) is 24.3 Å². The summed E-state index contributed by atoms with van der Waals surface area (Å²) < 4.78 is 5.25. The van der Waals surface area contributed by atoms with E-state index < -0.39 is 0 Å². The number of hydrogen-bond acceptors (Lipinski definition) is 3. The lowest BCUT2D eigenvalue weighted by Gasteiger charge is -2.33. The summed E-state index contributed by atoms with van der Waals surface area (Å²) in [7, 11) is 1.79. The largest absolute Gasteiger partial charge is 0.384 e. The van der Waals surface area contributed by atoms with Crippen molar-refractivity contribution in [1.82, 2.24) is 4.90 Å². The molecule has 1 unspecified atom stereocenters. The van der Waals surface area contributed by atoms with E-state index in [2.05, 4.69) is 43.0 Å². The van der Waals surface area contributed by atoms with E-state index in [9.17, 15) is 0 Å². The van der Waals surface area contributed by atoms with Crippen LogP contribution in [0, 0.1) is 5.92 Å². The minimum atomic E-state index is 0.116. The van der Waals surface area contributed by atoms with Crippen LogP contribution in [-0.4, -0.2) is 38.3 Å². The first-order valence-electron chi connectivity index (χ1n) is 8.17. The zero-order chi connectivity index (χ0) is 15.2. The quantitative estimate of drug-likeness (QED) is 0.874. The molecule has 1 aromatic rings. The number of ether oxygens (including phenoxy) is 1. The molecular formula is C18H30N2O. The lowest BCUT2D eigenvalue weighted by molar-refractivity contribution is 0.0971. The molecule has 21 heavy (non-hydrogen) atoms. The number of nitrogens with two attached hydrogens (primary N) is 1. The Hall–Kier alpha value is -0.900. The highest BCUT2D eigenvalue weighted by Gasteiger charge is 2.20. The monoisotopic (exact) mass is 290 g/mol. The SMILES string of the molecule is COCC1CCN(CC(N)c2ccc(C(C)C)cc2)CC1. The maximum atomic E-state index is 6.38. The van der Waals surface area contributed by atoms with Crippen LogP contribution < -0.4 is 5.73 Å². The summed E-state index contributed by atoms with van der Waals surface area (Å²) in [5.74, 6) is 1.31. The van der Waals surface area contributed by atoms with Gasteiger partial charge in [0.1, 0.15) is 0 Å². The van der Waals surface area contributed by atoms with Crippen molar-refractivity contribution in [3.05, 3.63) is 35.4 Å². The van der Waals surface area contributed by atoms with Gasteiger partial charge >= 0.3 is 0 Å². The van der Waals surface area contributed by atoms with Gasteiger partial charge < -0.3 is 15.4 Å². The zero-order valence-corrected chi connectivity index (χ0v) is 13.7. The maximum absolute atomic E-state index is 6.38. The molecule has 2 rings (SSSR count). The van der Waals surface area contributed by atoms with E-state index in [0.717, 1.165) is 32.2 Å². The predicted octanol–water partition coefficient (Wildman–Crippen LogP) is 3.17. The topological polar surface area (TPSA) is 38.5 Å². The minimum Gasteiger partial charge on any atom is -0.384 e. The highest BCUT2D eigenvalue weighted by atomic mass is 16.5. The molecule has 2 N–H and O–H groups in total. The van der Waals surface area contributed by atoms with E-state index in [1.165, 1.54) is 24.0 Å². The molecule has 0 bridgehead atoms. The molecule has 0 aromatic heterocycles. The van der Waals surface area contributed by atoms with Gasteiger partial charge in [0.2, 0.25) is 0 Å². The van der Waals surface area contributed by atoms with Crippen molar-refractivity contribution in [2.75, 3.05) is 33.4 Å². The van der Waals surface area contributed by atoms with Crippen molar-refractivity contribution in [3.63, 3.8) is 0 Å². The Morgan fingerprint density at radius 1 is 1.14 bits per heavy atom. The fourth-order valence-electron chi connectivity index (χ4n) is 3.08. The molecule has 1 saturated heterocycles. The number of methoxy groups -OCH3 is 1. The first-order valence-corrected chi connectivity index (χ1v) is 8.17. The van der Waals surface area contributed by atoms with Gasteiger partial charge in [-0.05, 0) is 48.9 Å². The standard InChI is InChI=1S/C18H30N2O/c1-14(2)16-4-6-17(7-5-16)18(19)12-20-10-8-15(9-11-20)13-21-3/h4-7,14-15,18H,8-13,19H2,1-3H3. The molecule has 3 nitrogen and oxygen atoms in total. The van der Waals surface area contributed by atoms with E-state index in [4.69, 9.17) is 10.5 Å². The molecule has 1 atom stereocenters. The van der Waals surface area contributed by atoms with Gasteiger partial charge in [-0.3, -0.25) is 0 Å². The van der Waals surface area contributed by atoms with Crippen molar-refractivity contribution in [2.45, 2.75) is 38.6 Å². The average Bonchev–Trinajstić information content (AvgIpc) is 2.49. The number of benzene rings is 1. The van der Waals surface area contributed by atoms with Gasteiger partial charge in [0.15, 0.2) is 0 Å². The first kappa shape index (κ1) is 16.5. The Morgan fingerprint density at radius 3 is 2.24 bits per heavy atom. The fraction of sp³-hybridized carbons (Fsp3) is 0.667. The van der Waals surface area contributed by atoms with Gasteiger partial charge in [-0.15, -0.1) is 0 Å². The number of hydrogen-bond donors (Lipinski definition) is 1. The summed E-state index contributed by atoms with van der Waals surface area (Å²) in [6.45, 7) is 8.59. The molecule has 118 valence electrons. The molecular weight excluding hydrogens is 260 g/mol. The maximum Gasteiger partial charge on any atom is 0.0491 e. The van der Waals surface area contributed by atoms with Crippen molar-refractivity contribution < 1.29 is 4.74 Å². The van der Waals surface area contributed by atoms with Crippen molar-refractivity contribution in [1.29, 1.82) is 0 Å². The predicted molar refractivity (Wildman–Crippen MR) is 88.5 cm³/mol. The lowest BCUT2D eigenvalue weighted by Crippen LogP contribution is -2.39. The van der Waals surface area contributed by atoms with Crippen molar-refractivity contribution in [2.24, 2.45) is 11.7 Å². The van der Waals surface area contributed by atoms with Crippen molar-refractivity contribution in [3.8, 4) is 0 Å². The minimum absolute atomic E-state index is 0.116. The first-order chi connectivity index (χ1) is 10.1. The molecule has 1 heterocycles. The van der Waals surface area contributed by atoms with Crippen LogP contribution >= 0.6 is 0 Å². The van der Waals surface area contributed by atoms with Gasteiger partial charge in [0.25, 0.3) is 0 Å². The lowest BCUT2D eigenvalue weighted by atomic mass is 9.96.